The van der Waals surface area contributed by atoms with E-state index in [0.717, 1.165) is 11.8 Å². The van der Waals surface area contributed by atoms with E-state index in [-0.39, 0.29) is 56.3 Å². The molecule has 0 spiro atoms. The molecule has 0 radical (unpaired) electrons. The van der Waals surface area contributed by atoms with Crippen LogP contribution in [0.1, 0.15) is 20.8 Å². The van der Waals surface area contributed by atoms with E-state index in [9.17, 15) is 8.42 Å². The number of hydrogen-bond acceptors (Lipinski definition) is 3. The molecule has 0 aromatic carbocycles. The molecule has 4 nitrogen and oxygen atoms in total. The summed E-state index contributed by atoms with van der Waals surface area (Å²) in [5.74, 6) is 0. The molecule has 0 amide bonds. The maximum atomic E-state index is 10.6. The second-order valence-electron chi connectivity index (χ2n) is 3.40. The van der Waals surface area contributed by atoms with Gasteiger partial charge >= 0.3 is 51.4 Å². The number of likely N-dealkylation sites (N-methyl/N-ethyl adjacent to an activating group) is 1. The fourth-order valence-electron chi connectivity index (χ4n) is 0.662. The van der Waals surface area contributed by atoms with Crippen LogP contribution in [0.25, 0.3) is 5.32 Å². The number of rotatable bonds is 4. The van der Waals surface area contributed by atoms with E-state index < -0.39 is 16.1 Å². The average Bonchev–Trinajstić information content (AvgIpc) is 2.27. The summed E-state index contributed by atoms with van der Waals surface area (Å²) in [7, 11) is -1.45. The fraction of sp³-hybridized carbons (Fsp3) is 0.500. The zero-order valence-electron chi connectivity index (χ0n) is 12.1. The molecule has 0 aromatic heterocycles. The van der Waals surface area contributed by atoms with Crippen molar-refractivity contribution < 1.29 is 64.9 Å². The Morgan fingerprint density at radius 2 is 1.83 bits per heavy atom. The Kier molecular flexibility index (Phi) is 16.8. The van der Waals surface area contributed by atoms with E-state index in [4.69, 9.17) is 5.11 Å². The number of aliphatic hydroxyl groups is 1. The Hall–Kier alpha value is 0.726. The number of sulfone groups is 1. The van der Waals surface area contributed by atoms with Crippen LogP contribution in [0.3, 0.4) is 0 Å². The summed E-state index contributed by atoms with van der Waals surface area (Å²) in [6.07, 6.45) is 5.49. The predicted molar refractivity (Wildman–Crippen MR) is 73.5 cm³/mol. The summed E-state index contributed by atoms with van der Waals surface area (Å²) in [6, 6.07) is 0. The zero-order valence-corrected chi connectivity index (χ0v) is 16.1. The first kappa shape index (κ1) is 23.8. The third-order valence-corrected chi connectivity index (χ3v) is 3.02. The van der Waals surface area contributed by atoms with Gasteiger partial charge in [-0.3, -0.25) is 0 Å². The van der Waals surface area contributed by atoms with Crippen molar-refractivity contribution in [3.63, 3.8) is 0 Å². The molecule has 0 heterocycles. The largest absolute Gasteiger partial charge is 1.00 e. The molecule has 1 N–H and O–H groups in total. The summed E-state index contributed by atoms with van der Waals surface area (Å²) >= 11 is 0. The van der Waals surface area contributed by atoms with Crippen molar-refractivity contribution in [1.29, 1.82) is 0 Å². The van der Waals surface area contributed by atoms with Crippen LogP contribution in [-0.2, 0) is 9.84 Å². The van der Waals surface area contributed by atoms with Gasteiger partial charge in [-0.2, -0.15) is 7.05 Å². The Bertz CT molecular complexity index is 386. The summed E-state index contributed by atoms with van der Waals surface area (Å²) in [4.78, 5) is 0.157. The Morgan fingerprint density at radius 1 is 1.39 bits per heavy atom. The molecule has 6 heteroatoms. The van der Waals surface area contributed by atoms with Gasteiger partial charge in [-0.05, 0) is 33.1 Å². The molecule has 0 rings (SSSR count). The van der Waals surface area contributed by atoms with Crippen molar-refractivity contribution in [1.82, 2.24) is 0 Å². The van der Waals surface area contributed by atoms with Crippen LogP contribution in [0, 0.1) is 0 Å². The van der Waals surface area contributed by atoms with Crippen molar-refractivity contribution in [3.05, 3.63) is 40.6 Å². The van der Waals surface area contributed by atoms with Crippen molar-refractivity contribution in [2.45, 2.75) is 27.0 Å². The summed E-state index contributed by atoms with van der Waals surface area (Å²) < 4.78 is 21.1. The molecule has 0 aliphatic heterocycles. The van der Waals surface area contributed by atoms with Gasteiger partial charge in [-0.1, -0.05) is 24.3 Å². The fourth-order valence-corrected chi connectivity index (χ4v) is 1.05. The molecular formula is C12H22KNO3S. The first-order valence-corrected chi connectivity index (χ1v) is 7.01. The van der Waals surface area contributed by atoms with Gasteiger partial charge in [0, 0.05) is 6.26 Å². The molecule has 0 saturated carbocycles. The number of aliphatic hydroxyl groups excluding tert-OH is 1. The average molecular weight is 299 g/mol. The maximum absolute atomic E-state index is 10.6. The Labute approximate surface area is 154 Å². The molecule has 0 saturated heterocycles. The standard InChI is InChI=1S/C6H12NO.C6H10O2S.K/c1-4-5(2)6(8)7-3;1-4-5-6(2)9(3,7)8;/h4,6,8H,1-3H3;4-5H,2H2,1,3H3;/q-1;;+1/b5-4+;5-4-;. The summed E-state index contributed by atoms with van der Waals surface area (Å²) in [6.45, 7) is 8.81. The number of nitrogens with zero attached hydrogens (tertiary/aromatic N) is 1. The van der Waals surface area contributed by atoms with Crippen LogP contribution >= 0.6 is 0 Å². The first-order valence-electron chi connectivity index (χ1n) is 5.12. The van der Waals surface area contributed by atoms with Gasteiger partial charge in [-0.25, -0.2) is 8.42 Å². The second-order valence-corrected chi connectivity index (χ2v) is 5.47. The normalized spacial score (nSPS) is 13.3. The minimum absolute atomic E-state index is 0. The monoisotopic (exact) mass is 299 g/mol. The predicted octanol–water partition coefficient (Wildman–Crippen LogP) is -0.601. The van der Waals surface area contributed by atoms with Crippen molar-refractivity contribution >= 4 is 9.84 Å². The molecule has 0 aromatic rings. The molecule has 18 heavy (non-hydrogen) atoms. The van der Waals surface area contributed by atoms with Crippen LogP contribution in [0.2, 0.25) is 0 Å². The van der Waals surface area contributed by atoms with Crippen LogP contribution in [0.15, 0.2) is 35.3 Å². The molecule has 0 aliphatic rings. The third kappa shape index (κ3) is 13.2. The van der Waals surface area contributed by atoms with Gasteiger partial charge < -0.3 is 10.4 Å². The molecule has 0 aliphatic carbocycles. The van der Waals surface area contributed by atoms with E-state index in [0.29, 0.717) is 0 Å². The van der Waals surface area contributed by atoms with Gasteiger partial charge in [0.05, 0.1) is 4.91 Å². The van der Waals surface area contributed by atoms with E-state index >= 15 is 0 Å². The van der Waals surface area contributed by atoms with E-state index in [1.54, 1.807) is 20.0 Å². The van der Waals surface area contributed by atoms with E-state index in [1.807, 2.05) is 19.9 Å². The third-order valence-electron chi connectivity index (χ3n) is 1.94. The molecule has 0 fully saturated rings. The Balaban J connectivity index is -0.000000238. The Morgan fingerprint density at radius 3 is 1.94 bits per heavy atom. The SMILES string of the molecule is C/C=C(\C)C(O)[N-]C.C=C(/C=C\C)S(C)(=O)=O.[K+]. The van der Waals surface area contributed by atoms with Crippen molar-refractivity contribution in [2.75, 3.05) is 13.3 Å². The second kappa shape index (κ2) is 12.7. The first-order chi connectivity index (χ1) is 7.70. The number of hydrogen-bond donors (Lipinski definition) is 1. The minimum atomic E-state index is -3.05. The number of allylic oxidation sites excluding steroid dienone is 3. The molecular weight excluding hydrogens is 277 g/mol. The molecule has 1 unspecified atom stereocenters. The van der Waals surface area contributed by atoms with Gasteiger partial charge in [0.2, 0.25) is 0 Å². The van der Waals surface area contributed by atoms with Crippen LogP contribution in [0.4, 0.5) is 0 Å². The quantitative estimate of drug-likeness (QED) is 0.428. The van der Waals surface area contributed by atoms with Crippen LogP contribution in [0.5, 0.6) is 0 Å². The molecule has 1 atom stereocenters. The molecule has 0 bridgehead atoms. The topological polar surface area (TPSA) is 68.5 Å². The van der Waals surface area contributed by atoms with Gasteiger partial charge in [0.15, 0.2) is 9.84 Å². The van der Waals surface area contributed by atoms with E-state index in [1.165, 1.54) is 6.08 Å². The van der Waals surface area contributed by atoms with Gasteiger partial charge in [0.1, 0.15) is 0 Å². The summed E-state index contributed by atoms with van der Waals surface area (Å²) in [5, 5.41) is 12.5. The minimum Gasteiger partial charge on any atom is -0.636 e. The van der Waals surface area contributed by atoms with E-state index in [2.05, 4.69) is 11.9 Å². The zero-order chi connectivity index (χ0) is 14.1. The maximum Gasteiger partial charge on any atom is 1.00 e. The summed E-state index contributed by atoms with van der Waals surface area (Å²) in [5.41, 5.74) is 0.896. The van der Waals surface area contributed by atoms with Crippen molar-refractivity contribution in [2.24, 2.45) is 0 Å². The van der Waals surface area contributed by atoms with Crippen LogP contribution in [-0.4, -0.2) is 33.1 Å². The molecule has 100 valence electrons. The van der Waals surface area contributed by atoms with Gasteiger partial charge in [0.25, 0.3) is 0 Å². The smallest absolute Gasteiger partial charge is 0.636 e. The van der Waals surface area contributed by atoms with Gasteiger partial charge in [-0.15, -0.1) is 0 Å². The van der Waals surface area contributed by atoms with Crippen LogP contribution < -0.4 is 51.4 Å². The van der Waals surface area contributed by atoms with Crippen molar-refractivity contribution in [3.8, 4) is 0 Å².